The predicted molar refractivity (Wildman–Crippen MR) is 117 cm³/mol. The van der Waals surface area contributed by atoms with Crippen LogP contribution in [0, 0.1) is 13.8 Å². The third kappa shape index (κ3) is 4.78. The number of nitrogens with zero attached hydrogens (tertiary/aromatic N) is 1. The molecule has 3 rings (SSSR count). The lowest BCUT2D eigenvalue weighted by atomic mass is 10.0. The molecule has 2 aromatic carbocycles. The largest absolute Gasteiger partial charge is 0.481 e. The van der Waals surface area contributed by atoms with Crippen molar-refractivity contribution >= 4 is 23.2 Å². The number of carbonyl (C=O) groups excluding carboxylic acids is 2. The Bertz CT molecular complexity index is 920. The van der Waals surface area contributed by atoms with Crippen LogP contribution in [0.25, 0.3) is 0 Å². The van der Waals surface area contributed by atoms with Gasteiger partial charge in [0.05, 0.1) is 0 Å². The van der Waals surface area contributed by atoms with Gasteiger partial charge in [-0.25, -0.2) is 0 Å². The number of hydrogen-bond acceptors (Lipinski definition) is 3. The first kappa shape index (κ1) is 20.9. The van der Waals surface area contributed by atoms with Crippen LogP contribution in [-0.4, -0.2) is 24.5 Å². The molecule has 1 fully saturated rings. The molecule has 5 heteroatoms. The van der Waals surface area contributed by atoms with Gasteiger partial charge in [-0.1, -0.05) is 32.0 Å². The number of rotatable bonds is 6. The number of carbonyl (C=O) groups is 2. The second kappa shape index (κ2) is 8.68. The van der Waals surface area contributed by atoms with Crippen molar-refractivity contribution in [3.05, 3.63) is 53.1 Å². The molecule has 2 aromatic rings. The minimum Gasteiger partial charge on any atom is -0.481 e. The summed E-state index contributed by atoms with van der Waals surface area (Å²) in [5.41, 5.74) is 4.72. The van der Waals surface area contributed by atoms with Crippen molar-refractivity contribution in [2.24, 2.45) is 0 Å². The first-order valence-corrected chi connectivity index (χ1v) is 10.3. The Balaban J connectivity index is 1.74. The van der Waals surface area contributed by atoms with Gasteiger partial charge in [0, 0.05) is 24.3 Å². The van der Waals surface area contributed by atoms with Gasteiger partial charge in [0.15, 0.2) is 6.10 Å². The number of amides is 2. The Morgan fingerprint density at radius 1 is 1.10 bits per heavy atom. The fourth-order valence-corrected chi connectivity index (χ4v) is 3.59. The molecule has 0 spiro atoms. The summed E-state index contributed by atoms with van der Waals surface area (Å²) < 4.78 is 6.02. The number of ether oxygens (including phenoxy) is 1. The van der Waals surface area contributed by atoms with Gasteiger partial charge in [0.1, 0.15) is 5.75 Å². The van der Waals surface area contributed by atoms with E-state index >= 15 is 0 Å². The maximum absolute atomic E-state index is 12.7. The highest BCUT2D eigenvalue weighted by Crippen LogP contribution is 2.30. The molecule has 1 atom stereocenters. The Hall–Kier alpha value is -2.82. The van der Waals surface area contributed by atoms with Crippen molar-refractivity contribution in [3.63, 3.8) is 0 Å². The first-order chi connectivity index (χ1) is 13.8. The zero-order valence-electron chi connectivity index (χ0n) is 17.9. The summed E-state index contributed by atoms with van der Waals surface area (Å²) in [6.07, 6.45) is 0.803. The van der Waals surface area contributed by atoms with Gasteiger partial charge in [-0.3, -0.25) is 9.59 Å². The van der Waals surface area contributed by atoms with Gasteiger partial charge in [0.2, 0.25) is 5.91 Å². The van der Waals surface area contributed by atoms with Gasteiger partial charge in [0.25, 0.3) is 5.91 Å². The zero-order chi connectivity index (χ0) is 21.1. The maximum Gasteiger partial charge on any atom is 0.265 e. The number of benzene rings is 2. The van der Waals surface area contributed by atoms with Crippen LogP contribution in [0.4, 0.5) is 11.4 Å². The van der Waals surface area contributed by atoms with E-state index in [2.05, 4.69) is 31.3 Å². The summed E-state index contributed by atoms with van der Waals surface area (Å²) in [5, 5.41) is 2.93. The molecule has 2 amide bonds. The minimum absolute atomic E-state index is 0.133. The molecule has 1 unspecified atom stereocenters. The summed E-state index contributed by atoms with van der Waals surface area (Å²) >= 11 is 0. The molecular formula is C24H30N2O3. The lowest BCUT2D eigenvalue weighted by Crippen LogP contribution is -2.31. The molecule has 5 nitrogen and oxygen atoms in total. The number of anilines is 2. The molecule has 1 aliphatic rings. The van der Waals surface area contributed by atoms with E-state index in [0.717, 1.165) is 41.1 Å². The highest BCUT2D eigenvalue weighted by atomic mass is 16.5. The van der Waals surface area contributed by atoms with Gasteiger partial charge in [-0.05, 0) is 68.0 Å². The average molecular weight is 395 g/mol. The molecule has 0 aliphatic carbocycles. The third-order valence-electron chi connectivity index (χ3n) is 5.30. The molecule has 1 aliphatic heterocycles. The van der Waals surface area contributed by atoms with Gasteiger partial charge >= 0.3 is 0 Å². The summed E-state index contributed by atoms with van der Waals surface area (Å²) in [5.74, 6) is 0.964. The van der Waals surface area contributed by atoms with Crippen LogP contribution < -0.4 is 15.0 Å². The highest BCUT2D eigenvalue weighted by Gasteiger charge is 2.24. The van der Waals surface area contributed by atoms with Gasteiger partial charge in [-0.15, -0.1) is 0 Å². The van der Waals surface area contributed by atoms with Crippen molar-refractivity contribution in [2.75, 3.05) is 16.8 Å². The molecule has 0 aromatic heterocycles. The van der Waals surface area contributed by atoms with Crippen LogP contribution in [0.15, 0.2) is 36.4 Å². The molecule has 29 heavy (non-hydrogen) atoms. The first-order valence-electron chi connectivity index (χ1n) is 10.3. The topological polar surface area (TPSA) is 58.6 Å². The average Bonchev–Trinajstić information content (AvgIpc) is 3.08. The quantitative estimate of drug-likeness (QED) is 0.753. The van der Waals surface area contributed by atoms with Crippen LogP contribution in [0.2, 0.25) is 0 Å². The van der Waals surface area contributed by atoms with E-state index in [-0.39, 0.29) is 11.8 Å². The summed E-state index contributed by atoms with van der Waals surface area (Å²) in [4.78, 5) is 26.7. The second-order valence-corrected chi connectivity index (χ2v) is 8.10. The van der Waals surface area contributed by atoms with Crippen molar-refractivity contribution < 1.29 is 14.3 Å². The summed E-state index contributed by atoms with van der Waals surface area (Å²) in [6.45, 7) is 10.7. The monoisotopic (exact) mass is 394 g/mol. The molecule has 1 N–H and O–H groups in total. The smallest absolute Gasteiger partial charge is 0.265 e. The zero-order valence-corrected chi connectivity index (χ0v) is 17.9. The normalized spacial score (nSPS) is 15.0. The van der Waals surface area contributed by atoms with Crippen molar-refractivity contribution in [1.82, 2.24) is 0 Å². The lowest BCUT2D eigenvalue weighted by Gasteiger charge is -2.21. The fraction of sp³-hybridized carbons (Fsp3) is 0.417. The van der Waals surface area contributed by atoms with Crippen LogP contribution >= 0.6 is 0 Å². The SMILES string of the molecule is Cc1ccc(C(C)C)c(OC(C)C(=O)Nc2ccc(C)c(N3CCCC3=O)c2)c1. The maximum atomic E-state index is 12.7. The Labute approximate surface area is 173 Å². The highest BCUT2D eigenvalue weighted by molar-refractivity contribution is 5.98. The van der Waals surface area contributed by atoms with Crippen LogP contribution in [0.1, 0.15) is 56.2 Å². The molecule has 0 saturated carbocycles. The Morgan fingerprint density at radius 3 is 2.52 bits per heavy atom. The number of hydrogen-bond donors (Lipinski definition) is 1. The molecule has 1 heterocycles. The number of nitrogens with one attached hydrogen (secondary N) is 1. The van der Waals surface area contributed by atoms with Crippen LogP contribution in [0.3, 0.4) is 0 Å². The Morgan fingerprint density at radius 2 is 1.86 bits per heavy atom. The summed E-state index contributed by atoms with van der Waals surface area (Å²) in [6, 6.07) is 11.7. The van der Waals surface area contributed by atoms with E-state index < -0.39 is 6.10 Å². The van der Waals surface area contributed by atoms with E-state index in [0.29, 0.717) is 18.0 Å². The van der Waals surface area contributed by atoms with Crippen molar-refractivity contribution in [1.29, 1.82) is 0 Å². The van der Waals surface area contributed by atoms with Crippen molar-refractivity contribution in [3.8, 4) is 5.75 Å². The van der Waals surface area contributed by atoms with Crippen LogP contribution in [-0.2, 0) is 9.59 Å². The van der Waals surface area contributed by atoms with E-state index in [9.17, 15) is 9.59 Å². The minimum atomic E-state index is -0.646. The molecule has 1 saturated heterocycles. The molecule has 0 radical (unpaired) electrons. The van der Waals surface area contributed by atoms with E-state index in [1.165, 1.54) is 0 Å². The van der Waals surface area contributed by atoms with Crippen LogP contribution in [0.5, 0.6) is 5.75 Å². The lowest BCUT2D eigenvalue weighted by molar-refractivity contribution is -0.122. The van der Waals surface area contributed by atoms with Crippen molar-refractivity contribution in [2.45, 2.75) is 59.5 Å². The van der Waals surface area contributed by atoms with Gasteiger partial charge in [-0.2, -0.15) is 0 Å². The predicted octanol–water partition coefficient (Wildman–Crippen LogP) is 4.96. The van der Waals surface area contributed by atoms with Gasteiger partial charge < -0.3 is 15.0 Å². The van der Waals surface area contributed by atoms with E-state index in [4.69, 9.17) is 4.74 Å². The standard InChI is InChI=1S/C24H30N2O3/c1-15(2)20-11-8-16(3)13-22(20)29-18(5)24(28)25-19-10-9-17(4)21(14-19)26-12-6-7-23(26)27/h8-11,13-15,18H,6-7,12H2,1-5H3,(H,25,28). The summed E-state index contributed by atoms with van der Waals surface area (Å²) in [7, 11) is 0. The molecule has 154 valence electrons. The fourth-order valence-electron chi connectivity index (χ4n) is 3.59. The number of aryl methyl sites for hydroxylation is 2. The molecule has 0 bridgehead atoms. The molecular weight excluding hydrogens is 364 g/mol. The van der Waals surface area contributed by atoms with E-state index in [1.807, 2.05) is 38.1 Å². The second-order valence-electron chi connectivity index (χ2n) is 8.10. The Kier molecular flexibility index (Phi) is 6.26. The van der Waals surface area contributed by atoms with E-state index in [1.54, 1.807) is 11.8 Å². The third-order valence-corrected chi connectivity index (χ3v) is 5.30.